The minimum Gasteiger partial charge on any atom is -0.464 e. The first-order chi connectivity index (χ1) is 14.3. The van der Waals surface area contributed by atoms with Crippen LogP contribution in [0.4, 0.5) is 5.69 Å². The fraction of sp³-hybridized carbons (Fsp3) is 0.263. The van der Waals surface area contributed by atoms with Crippen molar-refractivity contribution >= 4 is 61.3 Å². The molecule has 0 radical (unpaired) electrons. The van der Waals surface area contributed by atoms with E-state index in [4.69, 9.17) is 9.47 Å². The average Bonchev–Trinajstić information content (AvgIpc) is 3.05. The summed E-state index contributed by atoms with van der Waals surface area (Å²) in [6, 6.07) is 5.97. The molecule has 11 heteroatoms. The van der Waals surface area contributed by atoms with Gasteiger partial charge in [0.15, 0.2) is 0 Å². The average molecular weight is 545 g/mol. The zero-order valence-corrected chi connectivity index (χ0v) is 19.3. The van der Waals surface area contributed by atoms with Gasteiger partial charge in [0.25, 0.3) is 11.8 Å². The van der Waals surface area contributed by atoms with Crippen LogP contribution in [0, 0.1) is 0 Å². The lowest BCUT2D eigenvalue weighted by atomic mass is 10.1. The number of esters is 2. The normalized spacial score (nSPS) is 10.4. The zero-order valence-electron chi connectivity index (χ0n) is 16.1. The highest BCUT2D eigenvalue weighted by Crippen LogP contribution is 2.23. The van der Waals surface area contributed by atoms with Crippen LogP contribution in [-0.2, 0) is 19.1 Å². The third-order valence-electron chi connectivity index (χ3n) is 3.69. The summed E-state index contributed by atoms with van der Waals surface area (Å²) < 4.78 is 11.0. The van der Waals surface area contributed by atoms with E-state index in [9.17, 15) is 19.2 Å². The van der Waals surface area contributed by atoms with Gasteiger partial charge in [-0.3, -0.25) is 9.59 Å². The minimum atomic E-state index is -1.57. The molecule has 0 unspecified atom stereocenters. The number of aromatic nitrogens is 1. The Morgan fingerprint density at radius 2 is 1.53 bits per heavy atom. The summed E-state index contributed by atoms with van der Waals surface area (Å²) in [6.07, 6.45) is 0. The molecule has 2 rings (SSSR count). The Kier molecular flexibility index (Phi) is 8.60. The Hall–Kier alpha value is -2.66. The Balaban J connectivity index is 2.06. The monoisotopic (exact) mass is 543 g/mol. The van der Waals surface area contributed by atoms with Gasteiger partial charge >= 0.3 is 11.9 Å². The molecule has 0 saturated carbocycles. The Morgan fingerprint density at radius 1 is 0.967 bits per heavy atom. The lowest BCUT2D eigenvalue weighted by molar-refractivity contribution is -0.157. The molecule has 9 nitrogen and oxygen atoms in total. The molecule has 2 amide bonds. The first-order valence-electron chi connectivity index (χ1n) is 8.86. The van der Waals surface area contributed by atoms with Gasteiger partial charge in [-0.2, -0.15) is 0 Å². The second kappa shape index (κ2) is 10.9. The van der Waals surface area contributed by atoms with Gasteiger partial charge in [-0.1, -0.05) is 0 Å². The highest BCUT2D eigenvalue weighted by Gasteiger charge is 2.31. The van der Waals surface area contributed by atoms with Crippen LogP contribution in [-0.4, -0.2) is 48.0 Å². The third-order valence-corrected chi connectivity index (χ3v) is 5.48. The van der Waals surface area contributed by atoms with Crippen LogP contribution >= 0.6 is 31.9 Å². The fourth-order valence-electron chi connectivity index (χ4n) is 2.31. The first kappa shape index (κ1) is 23.6. The number of halogens is 2. The van der Waals surface area contributed by atoms with Crippen molar-refractivity contribution in [3.05, 3.63) is 50.7 Å². The van der Waals surface area contributed by atoms with Gasteiger partial charge in [-0.25, -0.2) is 9.59 Å². The van der Waals surface area contributed by atoms with Gasteiger partial charge in [-0.05, 0) is 76.0 Å². The number of hydrogen-bond donors (Lipinski definition) is 3. The quantitative estimate of drug-likeness (QED) is 0.346. The van der Waals surface area contributed by atoms with Gasteiger partial charge in [0.05, 0.1) is 22.3 Å². The third kappa shape index (κ3) is 6.17. The Morgan fingerprint density at radius 3 is 2.00 bits per heavy atom. The molecule has 0 spiro atoms. The molecular weight excluding hydrogens is 526 g/mol. The number of H-pyrrole nitrogens is 1. The van der Waals surface area contributed by atoms with Crippen LogP contribution in [0.3, 0.4) is 0 Å². The number of nitrogens with one attached hydrogen (secondary N) is 3. The van der Waals surface area contributed by atoms with Crippen molar-refractivity contribution in [1.29, 1.82) is 0 Å². The van der Waals surface area contributed by atoms with Crippen molar-refractivity contribution < 1.29 is 28.7 Å². The molecule has 0 aliphatic carbocycles. The molecular formula is C19H19Br2N3O6. The van der Waals surface area contributed by atoms with Gasteiger partial charge in [0.1, 0.15) is 5.69 Å². The van der Waals surface area contributed by atoms with Gasteiger partial charge in [-0.15, -0.1) is 0 Å². The van der Waals surface area contributed by atoms with Crippen LogP contribution in [0.15, 0.2) is 39.4 Å². The molecule has 3 N–H and O–H groups in total. The van der Waals surface area contributed by atoms with E-state index < -0.39 is 23.9 Å². The molecule has 0 fully saturated rings. The van der Waals surface area contributed by atoms with E-state index in [-0.39, 0.29) is 24.7 Å². The van der Waals surface area contributed by atoms with Crippen molar-refractivity contribution in [3.8, 4) is 0 Å². The number of hydrogen-bond acceptors (Lipinski definition) is 6. The standard InChI is InChI=1S/C19H19Br2N3O6/c1-3-29-18(27)14(19(28)30-4-2)24-16(25)10-5-7-11(8-6-10)22-17(26)13-9-12(20)15(21)23-13/h5-9,14,23H,3-4H2,1-2H3,(H,22,26)(H,24,25). The predicted molar refractivity (Wildman–Crippen MR) is 115 cm³/mol. The molecule has 1 aromatic carbocycles. The van der Waals surface area contributed by atoms with Crippen LogP contribution in [0.1, 0.15) is 34.7 Å². The lowest BCUT2D eigenvalue weighted by Crippen LogP contribution is -2.48. The number of benzene rings is 1. The topological polar surface area (TPSA) is 127 Å². The Labute approximate surface area is 189 Å². The summed E-state index contributed by atoms with van der Waals surface area (Å²) in [5, 5.41) is 4.99. The minimum absolute atomic E-state index is 0.0486. The van der Waals surface area contributed by atoms with E-state index in [1.165, 1.54) is 24.3 Å². The van der Waals surface area contributed by atoms with Gasteiger partial charge in [0, 0.05) is 11.3 Å². The molecule has 1 heterocycles. The number of anilines is 1. The smallest absolute Gasteiger partial charge is 0.340 e. The summed E-state index contributed by atoms with van der Waals surface area (Å²) in [6.45, 7) is 3.26. The molecule has 2 aromatic rings. The van der Waals surface area contributed by atoms with E-state index in [1.807, 2.05) is 0 Å². The number of aromatic amines is 1. The van der Waals surface area contributed by atoms with Crippen molar-refractivity contribution in [2.75, 3.05) is 18.5 Å². The van der Waals surface area contributed by atoms with E-state index in [2.05, 4.69) is 47.5 Å². The van der Waals surface area contributed by atoms with Crippen LogP contribution in [0.2, 0.25) is 0 Å². The van der Waals surface area contributed by atoms with Gasteiger partial charge in [0.2, 0.25) is 6.04 Å². The predicted octanol–water partition coefficient (Wildman–Crippen LogP) is 3.02. The molecule has 0 atom stereocenters. The summed E-state index contributed by atoms with van der Waals surface area (Å²) in [5.74, 6) is -2.85. The second-order valence-electron chi connectivity index (χ2n) is 5.79. The van der Waals surface area contributed by atoms with Crippen LogP contribution in [0.5, 0.6) is 0 Å². The highest BCUT2D eigenvalue weighted by atomic mass is 79.9. The fourth-order valence-corrected chi connectivity index (χ4v) is 2.97. The zero-order chi connectivity index (χ0) is 22.3. The second-order valence-corrected chi connectivity index (χ2v) is 7.43. The van der Waals surface area contributed by atoms with E-state index in [1.54, 1.807) is 19.9 Å². The van der Waals surface area contributed by atoms with Crippen LogP contribution < -0.4 is 10.6 Å². The van der Waals surface area contributed by atoms with E-state index in [0.29, 0.717) is 20.5 Å². The molecule has 0 aliphatic heterocycles. The van der Waals surface area contributed by atoms with Crippen molar-refractivity contribution in [2.45, 2.75) is 19.9 Å². The summed E-state index contributed by atoms with van der Waals surface area (Å²) in [5.41, 5.74) is 0.963. The van der Waals surface area contributed by atoms with Crippen molar-refractivity contribution in [1.82, 2.24) is 10.3 Å². The molecule has 160 valence electrons. The molecule has 0 bridgehead atoms. The SMILES string of the molecule is CCOC(=O)C(NC(=O)c1ccc(NC(=O)c2cc(Br)c(Br)[nH]2)cc1)C(=O)OCC. The van der Waals surface area contributed by atoms with Gasteiger partial charge < -0.3 is 25.1 Å². The number of ether oxygens (including phenoxy) is 2. The van der Waals surface area contributed by atoms with E-state index >= 15 is 0 Å². The van der Waals surface area contributed by atoms with Crippen molar-refractivity contribution in [2.24, 2.45) is 0 Å². The summed E-state index contributed by atoms with van der Waals surface area (Å²) in [7, 11) is 0. The van der Waals surface area contributed by atoms with E-state index in [0.717, 1.165) is 0 Å². The number of rotatable bonds is 8. The van der Waals surface area contributed by atoms with Crippen molar-refractivity contribution in [3.63, 3.8) is 0 Å². The maximum Gasteiger partial charge on any atom is 0.340 e. The highest BCUT2D eigenvalue weighted by molar-refractivity contribution is 9.13. The number of carbonyl (C=O) groups excluding carboxylic acids is 4. The molecule has 30 heavy (non-hydrogen) atoms. The lowest BCUT2D eigenvalue weighted by Gasteiger charge is -2.16. The first-order valence-corrected chi connectivity index (χ1v) is 10.4. The number of carbonyl (C=O) groups is 4. The maximum absolute atomic E-state index is 12.4. The van der Waals surface area contributed by atoms with Crippen LogP contribution in [0.25, 0.3) is 0 Å². The maximum atomic E-state index is 12.4. The molecule has 0 aliphatic rings. The number of amides is 2. The largest absolute Gasteiger partial charge is 0.464 e. The summed E-state index contributed by atoms with van der Waals surface area (Å²) in [4.78, 5) is 51.5. The molecule has 0 saturated heterocycles. The summed E-state index contributed by atoms with van der Waals surface area (Å²) >= 11 is 6.55. The Bertz CT molecular complexity index is 905. The molecule has 1 aromatic heterocycles.